The number of hydrogen-bond acceptors (Lipinski definition) is 1. The Morgan fingerprint density at radius 3 is 2.59 bits per heavy atom. The maximum Gasteiger partial charge on any atom is 0.123 e. The van der Waals surface area contributed by atoms with Crippen molar-refractivity contribution in [1.29, 1.82) is 0 Å². The monoisotopic (exact) mass is 250 g/mol. The molecule has 0 radical (unpaired) electrons. The molecule has 0 aromatic heterocycles. The van der Waals surface area contributed by atoms with E-state index in [0.29, 0.717) is 17.0 Å². The lowest BCUT2D eigenvalue weighted by Crippen LogP contribution is -2.02. The summed E-state index contributed by atoms with van der Waals surface area (Å²) in [6.45, 7) is 0. The van der Waals surface area contributed by atoms with Crippen molar-refractivity contribution < 1.29 is 9.50 Å². The zero-order valence-corrected chi connectivity index (χ0v) is 9.86. The first-order chi connectivity index (χ1) is 8.16. The van der Waals surface area contributed by atoms with Crippen LogP contribution in [-0.2, 0) is 6.42 Å². The molecule has 88 valence electrons. The van der Waals surface area contributed by atoms with E-state index in [1.54, 1.807) is 30.3 Å². The Bertz CT molecular complexity index is 513. The summed E-state index contributed by atoms with van der Waals surface area (Å²) in [6.07, 6.45) is -0.368. The lowest BCUT2D eigenvalue weighted by atomic mass is 10.0. The number of hydrogen-bond donors (Lipinski definition) is 1. The van der Waals surface area contributed by atoms with Crippen molar-refractivity contribution in [2.24, 2.45) is 0 Å². The highest BCUT2D eigenvalue weighted by molar-refractivity contribution is 6.31. The third kappa shape index (κ3) is 3.05. The zero-order valence-electron chi connectivity index (χ0n) is 9.11. The number of aliphatic hydroxyl groups excluding tert-OH is 1. The molecule has 0 aliphatic rings. The first-order valence-electron chi connectivity index (χ1n) is 5.34. The second-order valence-electron chi connectivity index (χ2n) is 3.87. The minimum atomic E-state index is -0.717. The smallest absolute Gasteiger partial charge is 0.123 e. The minimum absolute atomic E-state index is 0.297. The fourth-order valence-electron chi connectivity index (χ4n) is 1.74. The normalized spacial score (nSPS) is 12.4. The van der Waals surface area contributed by atoms with Gasteiger partial charge in [0.1, 0.15) is 5.82 Å². The van der Waals surface area contributed by atoms with Crippen LogP contribution in [0, 0.1) is 5.82 Å². The van der Waals surface area contributed by atoms with Crippen LogP contribution in [-0.4, -0.2) is 5.11 Å². The topological polar surface area (TPSA) is 20.2 Å². The molecule has 1 N–H and O–H groups in total. The van der Waals surface area contributed by atoms with E-state index < -0.39 is 6.10 Å². The summed E-state index contributed by atoms with van der Waals surface area (Å²) >= 11 is 5.98. The van der Waals surface area contributed by atoms with Crippen molar-refractivity contribution in [3.8, 4) is 0 Å². The molecular weight excluding hydrogens is 239 g/mol. The van der Waals surface area contributed by atoms with Gasteiger partial charge in [0.25, 0.3) is 0 Å². The van der Waals surface area contributed by atoms with E-state index in [-0.39, 0.29) is 5.82 Å². The predicted octanol–water partition coefficient (Wildman–Crippen LogP) is 3.76. The predicted molar refractivity (Wildman–Crippen MR) is 66.5 cm³/mol. The van der Waals surface area contributed by atoms with E-state index in [9.17, 15) is 9.50 Å². The quantitative estimate of drug-likeness (QED) is 0.880. The van der Waals surface area contributed by atoms with Gasteiger partial charge in [-0.2, -0.15) is 0 Å². The summed E-state index contributed by atoms with van der Waals surface area (Å²) in [5.74, 6) is -0.297. The van der Waals surface area contributed by atoms with Gasteiger partial charge in [0, 0.05) is 11.4 Å². The van der Waals surface area contributed by atoms with Crippen LogP contribution in [0.2, 0.25) is 5.02 Å². The zero-order chi connectivity index (χ0) is 12.3. The van der Waals surface area contributed by atoms with Gasteiger partial charge in [-0.15, -0.1) is 0 Å². The van der Waals surface area contributed by atoms with Crippen molar-refractivity contribution >= 4 is 11.6 Å². The van der Waals surface area contributed by atoms with Crippen LogP contribution >= 0.6 is 11.6 Å². The maximum atomic E-state index is 13.0. The van der Waals surface area contributed by atoms with E-state index in [4.69, 9.17) is 11.6 Å². The van der Waals surface area contributed by atoms with Crippen molar-refractivity contribution in [2.45, 2.75) is 12.5 Å². The van der Waals surface area contributed by atoms with Crippen LogP contribution < -0.4 is 0 Å². The molecule has 17 heavy (non-hydrogen) atoms. The van der Waals surface area contributed by atoms with Crippen LogP contribution in [0.3, 0.4) is 0 Å². The van der Waals surface area contributed by atoms with Gasteiger partial charge < -0.3 is 5.11 Å². The Morgan fingerprint density at radius 2 is 1.88 bits per heavy atom. The van der Waals surface area contributed by atoms with Crippen molar-refractivity contribution in [3.05, 3.63) is 70.5 Å². The van der Waals surface area contributed by atoms with Crippen LogP contribution in [0.1, 0.15) is 17.2 Å². The van der Waals surface area contributed by atoms with E-state index in [0.717, 1.165) is 5.56 Å². The number of aliphatic hydroxyl groups is 1. The number of halogens is 2. The summed E-state index contributed by atoms with van der Waals surface area (Å²) in [4.78, 5) is 0. The van der Waals surface area contributed by atoms with E-state index in [2.05, 4.69) is 0 Å². The summed E-state index contributed by atoms with van der Waals surface area (Å²) in [6, 6.07) is 13.3. The van der Waals surface area contributed by atoms with Crippen molar-refractivity contribution in [1.82, 2.24) is 0 Å². The standard InChI is InChI=1S/C14H12ClFO/c15-13-7-2-1-6-12(13)14(17)9-10-4-3-5-11(16)8-10/h1-8,14,17H,9H2. The van der Waals surface area contributed by atoms with E-state index in [1.807, 2.05) is 6.07 Å². The molecule has 2 aromatic rings. The number of rotatable bonds is 3. The van der Waals surface area contributed by atoms with Gasteiger partial charge >= 0.3 is 0 Å². The summed E-state index contributed by atoms with van der Waals surface area (Å²) in [5.41, 5.74) is 1.41. The molecule has 0 aliphatic carbocycles. The molecule has 0 bridgehead atoms. The highest BCUT2D eigenvalue weighted by Gasteiger charge is 2.11. The fourth-order valence-corrected chi connectivity index (χ4v) is 2.00. The van der Waals surface area contributed by atoms with E-state index >= 15 is 0 Å². The van der Waals surface area contributed by atoms with Gasteiger partial charge in [-0.05, 0) is 29.3 Å². The molecule has 3 heteroatoms. The van der Waals surface area contributed by atoms with Crippen LogP contribution in [0.25, 0.3) is 0 Å². The molecule has 0 fully saturated rings. The largest absolute Gasteiger partial charge is 0.388 e. The second kappa shape index (κ2) is 5.30. The van der Waals surface area contributed by atoms with Crippen LogP contribution in [0.4, 0.5) is 4.39 Å². The Balaban J connectivity index is 2.17. The Hall–Kier alpha value is -1.38. The third-order valence-corrected chi connectivity index (χ3v) is 2.93. The molecule has 0 aliphatic heterocycles. The third-order valence-electron chi connectivity index (χ3n) is 2.58. The van der Waals surface area contributed by atoms with Crippen LogP contribution in [0.5, 0.6) is 0 Å². The molecule has 2 rings (SSSR count). The summed E-state index contributed by atoms with van der Waals surface area (Å²) in [5, 5.41) is 10.6. The Morgan fingerprint density at radius 1 is 1.12 bits per heavy atom. The maximum absolute atomic E-state index is 13.0. The molecule has 2 aromatic carbocycles. The Kier molecular flexibility index (Phi) is 3.77. The van der Waals surface area contributed by atoms with Gasteiger partial charge in [0.05, 0.1) is 6.10 Å². The van der Waals surface area contributed by atoms with Gasteiger partial charge in [0.15, 0.2) is 0 Å². The van der Waals surface area contributed by atoms with Crippen molar-refractivity contribution in [2.75, 3.05) is 0 Å². The average molecular weight is 251 g/mol. The van der Waals surface area contributed by atoms with Crippen molar-refractivity contribution in [3.63, 3.8) is 0 Å². The molecule has 1 atom stereocenters. The van der Waals surface area contributed by atoms with Gasteiger partial charge in [-0.1, -0.05) is 41.9 Å². The van der Waals surface area contributed by atoms with Crippen LogP contribution in [0.15, 0.2) is 48.5 Å². The average Bonchev–Trinajstić information content (AvgIpc) is 2.29. The minimum Gasteiger partial charge on any atom is -0.388 e. The summed E-state index contributed by atoms with van der Waals surface area (Å²) in [7, 11) is 0. The SMILES string of the molecule is OC(Cc1cccc(F)c1)c1ccccc1Cl. The Labute approximate surface area is 104 Å². The number of benzene rings is 2. The molecule has 0 saturated carbocycles. The molecule has 0 saturated heterocycles. The highest BCUT2D eigenvalue weighted by Crippen LogP contribution is 2.25. The second-order valence-corrected chi connectivity index (χ2v) is 4.28. The molecule has 1 nitrogen and oxygen atoms in total. The summed E-state index contributed by atoms with van der Waals surface area (Å²) < 4.78 is 13.0. The first kappa shape index (κ1) is 12.1. The van der Waals surface area contributed by atoms with Gasteiger partial charge in [-0.25, -0.2) is 4.39 Å². The fraction of sp³-hybridized carbons (Fsp3) is 0.143. The van der Waals surface area contributed by atoms with Gasteiger partial charge in [-0.3, -0.25) is 0 Å². The van der Waals surface area contributed by atoms with E-state index in [1.165, 1.54) is 12.1 Å². The first-order valence-corrected chi connectivity index (χ1v) is 5.71. The molecule has 0 heterocycles. The molecular formula is C14H12ClFO. The lowest BCUT2D eigenvalue weighted by molar-refractivity contribution is 0.178. The molecule has 0 spiro atoms. The molecule has 0 amide bonds. The lowest BCUT2D eigenvalue weighted by Gasteiger charge is -2.12. The highest BCUT2D eigenvalue weighted by atomic mass is 35.5. The van der Waals surface area contributed by atoms with Gasteiger partial charge in [0.2, 0.25) is 0 Å². The molecule has 1 unspecified atom stereocenters.